The highest BCUT2D eigenvalue weighted by Crippen LogP contribution is 2.59. The lowest BCUT2D eigenvalue weighted by Crippen LogP contribution is -2.58. The molecular weight excluding hydrogens is 466 g/mol. The van der Waals surface area contributed by atoms with Gasteiger partial charge in [0.05, 0.1) is 42.7 Å². The number of para-hydroxylation sites is 1. The van der Waals surface area contributed by atoms with E-state index in [-0.39, 0.29) is 38.2 Å². The predicted molar refractivity (Wildman–Crippen MR) is 127 cm³/mol. The van der Waals surface area contributed by atoms with E-state index in [2.05, 4.69) is 16.9 Å². The molecule has 11 nitrogen and oxygen atoms in total. The molecule has 2 amide bonds. The van der Waals surface area contributed by atoms with Crippen LogP contribution >= 0.6 is 0 Å². The number of esters is 1. The smallest absolute Gasteiger partial charge is 0.312 e. The first-order chi connectivity index (χ1) is 17.4. The molecule has 1 aromatic heterocycles. The van der Waals surface area contributed by atoms with Crippen LogP contribution in [0.15, 0.2) is 36.9 Å². The van der Waals surface area contributed by atoms with Gasteiger partial charge in [0.2, 0.25) is 11.8 Å². The highest BCUT2D eigenvalue weighted by atomic mass is 16.6. The van der Waals surface area contributed by atoms with E-state index in [0.717, 1.165) is 5.52 Å². The fourth-order valence-electron chi connectivity index (χ4n) is 6.17. The number of benzene rings is 1. The van der Waals surface area contributed by atoms with Crippen molar-refractivity contribution in [1.29, 1.82) is 0 Å². The zero-order valence-corrected chi connectivity index (χ0v) is 20.4. The Balaban J connectivity index is 1.53. The second-order valence-electron chi connectivity index (χ2n) is 9.65. The molecular formula is C25H31N5O6. The summed E-state index contributed by atoms with van der Waals surface area (Å²) in [7, 11) is 0. The molecule has 6 atom stereocenters. The number of hydrogen-bond donors (Lipinski definition) is 1. The monoisotopic (exact) mass is 497 g/mol. The number of nitrogens with zero attached hydrogens (tertiary/aromatic N) is 5. The molecule has 0 radical (unpaired) electrons. The average Bonchev–Trinajstić information content (AvgIpc) is 3.62. The van der Waals surface area contributed by atoms with E-state index in [0.29, 0.717) is 18.4 Å². The fraction of sp³-hybridized carbons (Fsp3) is 0.560. The van der Waals surface area contributed by atoms with Crippen molar-refractivity contribution in [2.75, 3.05) is 19.8 Å². The zero-order valence-electron chi connectivity index (χ0n) is 20.4. The molecule has 1 aromatic carbocycles. The van der Waals surface area contributed by atoms with Crippen molar-refractivity contribution in [2.45, 2.75) is 57.1 Å². The molecule has 3 fully saturated rings. The quantitative estimate of drug-likeness (QED) is 0.397. The van der Waals surface area contributed by atoms with Crippen LogP contribution in [-0.4, -0.2) is 91.2 Å². The number of fused-ring (bicyclic) bond motifs is 2. The maximum atomic E-state index is 14.2. The Labute approximate surface area is 208 Å². The molecule has 5 rings (SSSR count). The number of aliphatic hydroxyl groups is 1. The number of ether oxygens (including phenoxy) is 2. The number of likely N-dealkylation sites (tertiary alicyclic amines) is 1. The van der Waals surface area contributed by atoms with Crippen LogP contribution in [0.4, 0.5) is 0 Å². The number of carbonyl (C=O) groups is 3. The number of hydrogen-bond acceptors (Lipinski definition) is 8. The molecule has 36 heavy (non-hydrogen) atoms. The summed E-state index contributed by atoms with van der Waals surface area (Å²) in [4.78, 5) is 43.9. The molecule has 4 heterocycles. The van der Waals surface area contributed by atoms with Crippen LogP contribution in [0, 0.1) is 11.8 Å². The molecule has 0 aliphatic carbocycles. The Morgan fingerprint density at radius 1 is 1.42 bits per heavy atom. The molecule has 0 saturated carbocycles. The van der Waals surface area contributed by atoms with Crippen molar-refractivity contribution in [3.8, 4) is 0 Å². The van der Waals surface area contributed by atoms with Crippen LogP contribution in [-0.2, 0) is 30.5 Å². The van der Waals surface area contributed by atoms with E-state index in [1.165, 1.54) is 4.90 Å². The summed E-state index contributed by atoms with van der Waals surface area (Å²) in [6, 6.07) is 5.78. The third kappa shape index (κ3) is 3.52. The average molecular weight is 498 g/mol. The van der Waals surface area contributed by atoms with Crippen molar-refractivity contribution in [3.63, 3.8) is 0 Å². The lowest BCUT2D eigenvalue weighted by molar-refractivity contribution is -0.156. The molecule has 1 N–H and O–H groups in total. The van der Waals surface area contributed by atoms with Crippen LogP contribution in [0.1, 0.15) is 26.7 Å². The van der Waals surface area contributed by atoms with Gasteiger partial charge in [0.1, 0.15) is 23.8 Å². The predicted octanol–water partition coefficient (Wildman–Crippen LogP) is 0.722. The Morgan fingerprint density at radius 2 is 2.19 bits per heavy atom. The Hall–Kier alpha value is -3.31. The summed E-state index contributed by atoms with van der Waals surface area (Å²) in [6.07, 6.45) is 2.14. The Kier molecular flexibility index (Phi) is 6.29. The van der Waals surface area contributed by atoms with E-state index in [1.807, 2.05) is 24.3 Å². The normalized spacial score (nSPS) is 29.4. The largest absolute Gasteiger partial charge is 0.466 e. The van der Waals surface area contributed by atoms with Crippen molar-refractivity contribution in [2.24, 2.45) is 11.8 Å². The minimum absolute atomic E-state index is 0.0862. The van der Waals surface area contributed by atoms with Crippen LogP contribution in [0.3, 0.4) is 0 Å². The molecule has 11 heteroatoms. The number of aromatic nitrogens is 3. The van der Waals surface area contributed by atoms with Crippen molar-refractivity contribution < 1.29 is 29.0 Å². The van der Waals surface area contributed by atoms with Crippen LogP contribution in [0.2, 0.25) is 0 Å². The van der Waals surface area contributed by atoms with Crippen LogP contribution < -0.4 is 0 Å². The Bertz CT molecular complexity index is 1200. The van der Waals surface area contributed by atoms with Gasteiger partial charge in [-0.1, -0.05) is 23.4 Å². The Morgan fingerprint density at radius 3 is 2.92 bits per heavy atom. The van der Waals surface area contributed by atoms with Gasteiger partial charge < -0.3 is 24.4 Å². The highest BCUT2D eigenvalue weighted by Gasteiger charge is 2.75. The first-order valence-corrected chi connectivity index (χ1v) is 12.3. The summed E-state index contributed by atoms with van der Waals surface area (Å²) in [5, 5.41) is 18.4. The SMILES string of the molecule is C=CCN(Cn1nnc2ccccc21)C(=O)[C@H]1N([C@H](C)CO)C(=O)[C@@H]2[C@@H](C(=O)OCC)[C@H]3CC[C@]21O3. The topological polar surface area (TPSA) is 127 Å². The molecule has 1 spiro atoms. The number of aliphatic hydroxyl groups excluding tert-OH is 1. The summed E-state index contributed by atoms with van der Waals surface area (Å²) in [5.41, 5.74) is 0.298. The summed E-state index contributed by atoms with van der Waals surface area (Å²) in [5.74, 6) is -2.81. The molecule has 2 aromatic rings. The van der Waals surface area contributed by atoms with E-state index in [1.54, 1.807) is 29.5 Å². The molecule has 192 valence electrons. The van der Waals surface area contributed by atoms with Gasteiger partial charge in [-0.05, 0) is 38.8 Å². The first kappa shape index (κ1) is 24.4. The zero-order chi connectivity index (χ0) is 25.6. The third-order valence-electron chi connectivity index (χ3n) is 7.66. The number of carbonyl (C=O) groups excluding carboxylic acids is 3. The van der Waals surface area contributed by atoms with E-state index < -0.39 is 41.6 Å². The van der Waals surface area contributed by atoms with E-state index in [9.17, 15) is 19.5 Å². The third-order valence-corrected chi connectivity index (χ3v) is 7.66. The van der Waals surface area contributed by atoms with E-state index >= 15 is 0 Å². The second kappa shape index (κ2) is 9.29. The van der Waals surface area contributed by atoms with Gasteiger partial charge in [0.25, 0.3) is 0 Å². The second-order valence-corrected chi connectivity index (χ2v) is 9.65. The highest BCUT2D eigenvalue weighted by molar-refractivity contribution is 5.98. The van der Waals surface area contributed by atoms with Gasteiger partial charge >= 0.3 is 5.97 Å². The molecule has 0 unspecified atom stereocenters. The first-order valence-electron chi connectivity index (χ1n) is 12.3. The van der Waals surface area contributed by atoms with Crippen LogP contribution in [0.25, 0.3) is 11.0 Å². The van der Waals surface area contributed by atoms with Gasteiger partial charge in [0, 0.05) is 6.54 Å². The van der Waals surface area contributed by atoms with Gasteiger partial charge in [-0.2, -0.15) is 0 Å². The van der Waals surface area contributed by atoms with Gasteiger partial charge in [-0.25, -0.2) is 4.68 Å². The fourth-order valence-corrected chi connectivity index (χ4v) is 6.17. The minimum Gasteiger partial charge on any atom is -0.466 e. The van der Waals surface area contributed by atoms with E-state index in [4.69, 9.17) is 9.47 Å². The molecule has 2 bridgehead atoms. The van der Waals surface area contributed by atoms with Crippen molar-refractivity contribution in [1.82, 2.24) is 24.8 Å². The van der Waals surface area contributed by atoms with Crippen molar-refractivity contribution >= 4 is 28.8 Å². The number of amides is 2. The standard InChI is InChI=1S/C25H31N5O6/c1-4-12-28(14-29-17-9-7-6-8-16(17)26-27-29)23(33)21-25-11-10-18(36-25)19(24(34)35-5-2)20(25)22(32)30(21)15(3)13-31/h4,6-9,15,18-21,31H,1,5,10-14H2,2-3H3/t15-,18-,19+,20+,21-,25+/m1/s1. The van der Waals surface area contributed by atoms with Gasteiger partial charge in [0.15, 0.2) is 0 Å². The molecule has 3 aliphatic rings. The molecule has 3 aliphatic heterocycles. The minimum atomic E-state index is -1.16. The number of rotatable bonds is 9. The summed E-state index contributed by atoms with van der Waals surface area (Å²) >= 11 is 0. The maximum Gasteiger partial charge on any atom is 0.312 e. The maximum absolute atomic E-state index is 14.2. The van der Waals surface area contributed by atoms with Gasteiger partial charge in [-0.15, -0.1) is 11.7 Å². The van der Waals surface area contributed by atoms with Gasteiger partial charge in [-0.3, -0.25) is 14.4 Å². The lowest BCUT2D eigenvalue weighted by atomic mass is 9.70. The lowest BCUT2D eigenvalue weighted by Gasteiger charge is -2.38. The summed E-state index contributed by atoms with van der Waals surface area (Å²) < 4.78 is 13.3. The van der Waals surface area contributed by atoms with Crippen molar-refractivity contribution in [3.05, 3.63) is 36.9 Å². The van der Waals surface area contributed by atoms with Crippen LogP contribution in [0.5, 0.6) is 0 Å². The molecule has 3 saturated heterocycles. The summed E-state index contributed by atoms with van der Waals surface area (Å²) in [6.45, 7) is 7.34.